The number of hydrogen-bond donors (Lipinski definition) is 1. The summed E-state index contributed by atoms with van der Waals surface area (Å²) >= 11 is 2.49. The molecule has 1 aromatic carbocycles. The van der Waals surface area contributed by atoms with E-state index in [1.165, 1.54) is 11.8 Å². The van der Waals surface area contributed by atoms with Gasteiger partial charge in [0.1, 0.15) is 17.5 Å². The minimum Gasteiger partial charge on any atom is -0.303 e. The predicted octanol–water partition coefficient (Wildman–Crippen LogP) is 4.87. The van der Waals surface area contributed by atoms with Crippen LogP contribution in [0.2, 0.25) is 0 Å². The molecule has 0 aliphatic heterocycles. The van der Waals surface area contributed by atoms with Crippen LogP contribution in [-0.2, 0) is 4.79 Å². The minimum atomic E-state index is -0.564. The van der Waals surface area contributed by atoms with E-state index in [0.29, 0.717) is 11.2 Å². The van der Waals surface area contributed by atoms with Crippen molar-refractivity contribution < 1.29 is 13.6 Å². The monoisotopic (exact) mass is 435 g/mol. The molecule has 0 radical (unpaired) electrons. The van der Waals surface area contributed by atoms with E-state index in [0.717, 1.165) is 53.4 Å². The summed E-state index contributed by atoms with van der Waals surface area (Å²) in [5.41, 5.74) is 0.347. The van der Waals surface area contributed by atoms with Crippen LogP contribution in [0.4, 0.5) is 13.9 Å². The SMILES string of the molecule is CC(C)c1nnc(SCC(=O)Nc2nc(-c3cc(F)ccc3F)cs2)n1C1CC1. The molecule has 0 unspecified atom stereocenters. The average Bonchev–Trinajstić information content (AvgIpc) is 3.26. The number of benzene rings is 1. The Labute approximate surface area is 174 Å². The summed E-state index contributed by atoms with van der Waals surface area (Å²) in [6.45, 7) is 4.15. The lowest BCUT2D eigenvalue weighted by molar-refractivity contribution is -0.113. The predicted molar refractivity (Wildman–Crippen MR) is 109 cm³/mol. The van der Waals surface area contributed by atoms with Gasteiger partial charge in [-0.25, -0.2) is 13.8 Å². The standard InChI is InChI=1S/C19H19F2N5OS2/c1-10(2)17-24-25-19(26(17)12-4-5-12)29-9-16(27)23-18-22-15(8-28-18)13-7-11(20)3-6-14(13)21/h3,6-8,10,12H,4-5,9H2,1-2H3,(H,22,23,27). The first-order valence-corrected chi connectivity index (χ1v) is 11.1. The van der Waals surface area contributed by atoms with E-state index in [1.807, 2.05) is 0 Å². The lowest BCUT2D eigenvalue weighted by Gasteiger charge is -2.10. The van der Waals surface area contributed by atoms with E-state index >= 15 is 0 Å². The van der Waals surface area contributed by atoms with Gasteiger partial charge in [0.15, 0.2) is 10.3 Å². The number of carbonyl (C=O) groups excluding carboxylic acids is 1. The van der Waals surface area contributed by atoms with Crippen molar-refractivity contribution in [2.45, 2.75) is 43.8 Å². The number of nitrogens with zero attached hydrogens (tertiary/aromatic N) is 4. The third-order valence-corrected chi connectivity index (χ3v) is 6.11. The summed E-state index contributed by atoms with van der Waals surface area (Å²) < 4.78 is 29.4. The van der Waals surface area contributed by atoms with Crippen LogP contribution in [0.3, 0.4) is 0 Å². The van der Waals surface area contributed by atoms with Crippen molar-refractivity contribution in [1.82, 2.24) is 19.7 Å². The van der Waals surface area contributed by atoms with E-state index in [1.54, 1.807) is 5.38 Å². The molecular formula is C19H19F2N5OS2. The number of thioether (sulfide) groups is 1. The summed E-state index contributed by atoms with van der Waals surface area (Å²) in [4.78, 5) is 16.5. The summed E-state index contributed by atoms with van der Waals surface area (Å²) in [6, 6.07) is 3.62. The molecule has 10 heteroatoms. The van der Waals surface area contributed by atoms with Crippen molar-refractivity contribution in [3.63, 3.8) is 0 Å². The Hall–Kier alpha value is -2.33. The van der Waals surface area contributed by atoms with Gasteiger partial charge in [0.2, 0.25) is 5.91 Å². The molecular weight excluding hydrogens is 416 g/mol. The van der Waals surface area contributed by atoms with Crippen LogP contribution in [0.5, 0.6) is 0 Å². The highest BCUT2D eigenvalue weighted by Crippen LogP contribution is 2.40. The van der Waals surface area contributed by atoms with Gasteiger partial charge in [-0.05, 0) is 31.0 Å². The maximum atomic E-state index is 13.9. The molecule has 3 aromatic rings. The fraction of sp³-hybridized carbons (Fsp3) is 0.368. The minimum absolute atomic E-state index is 0.0647. The molecule has 1 fully saturated rings. The fourth-order valence-corrected chi connectivity index (χ4v) is 4.43. The Morgan fingerprint density at radius 2 is 2.14 bits per heavy atom. The van der Waals surface area contributed by atoms with Crippen LogP contribution < -0.4 is 5.32 Å². The van der Waals surface area contributed by atoms with Crippen LogP contribution in [0.1, 0.15) is 44.5 Å². The molecule has 0 spiro atoms. The van der Waals surface area contributed by atoms with Gasteiger partial charge < -0.3 is 9.88 Å². The van der Waals surface area contributed by atoms with Crippen molar-refractivity contribution >= 4 is 34.1 Å². The maximum Gasteiger partial charge on any atom is 0.236 e. The summed E-state index contributed by atoms with van der Waals surface area (Å²) in [5, 5.41) is 13.9. The second-order valence-corrected chi connectivity index (χ2v) is 8.90. The molecule has 1 aliphatic carbocycles. The first-order chi connectivity index (χ1) is 13.9. The second-order valence-electron chi connectivity index (χ2n) is 7.10. The highest BCUT2D eigenvalue weighted by Gasteiger charge is 2.30. The molecule has 2 heterocycles. The molecule has 4 rings (SSSR count). The molecule has 6 nitrogen and oxygen atoms in total. The molecule has 0 bridgehead atoms. The number of amides is 1. The number of hydrogen-bond acceptors (Lipinski definition) is 6. The number of aromatic nitrogens is 4. The third-order valence-electron chi connectivity index (χ3n) is 4.41. The molecule has 1 aliphatic rings. The second kappa shape index (κ2) is 8.19. The largest absolute Gasteiger partial charge is 0.303 e. The zero-order valence-corrected chi connectivity index (χ0v) is 17.5. The highest BCUT2D eigenvalue weighted by molar-refractivity contribution is 7.99. The van der Waals surface area contributed by atoms with E-state index in [4.69, 9.17) is 0 Å². The summed E-state index contributed by atoms with van der Waals surface area (Å²) in [5.74, 6) is 0.0152. The quantitative estimate of drug-likeness (QED) is 0.536. The van der Waals surface area contributed by atoms with E-state index in [2.05, 4.69) is 38.9 Å². The fourth-order valence-electron chi connectivity index (χ4n) is 2.89. The highest BCUT2D eigenvalue weighted by atomic mass is 32.2. The van der Waals surface area contributed by atoms with E-state index in [9.17, 15) is 13.6 Å². The Balaban J connectivity index is 1.40. The molecule has 1 N–H and O–H groups in total. The summed E-state index contributed by atoms with van der Waals surface area (Å²) in [6.07, 6.45) is 2.21. The van der Waals surface area contributed by atoms with Gasteiger partial charge in [0, 0.05) is 22.9 Å². The number of nitrogens with one attached hydrogen (secondary N) is 1. The number of carbonyl (C=O) groups is 1. The number of anilines is 1. The molecule has 1 saturated carbocycles. The Kier molecular flexibility index (Phi) is 5.64. The number of rotatable bonds is 7. The Morgan fingerprint density at radius 3 is 2.86 bits per heavy atom. The van der Waals surface area contributed by atoms with Crippen molar-refractivity contribution in [3.05, 3.63) is 41.0 Å². The molecule has 2 aromatic heterocycles. The van der Waals surface area contributed by atoms with E-state index < -0.39 is 11.6 Å². The number of thiazole rings is 1. The normalized spacial score (nSPS) is 13.8. The molecule has 0 saturated heterocycles. The van der Waals surface area contributed by atoms with Crippen LogP contribution in [-0.4, -0.2) is 31.4 Å². The van der Waals surface area contributed by atoms with Crippen LogP contribution in [0.25, 0.3) is 11.3 Å². The number of halogens is 2. The third kappa shape index (κ3) is 4.48. The first kappa shape index (κ1) is 20.0. The van der Waals surface area contributed by atoms with Crippen LogP contribution in [0, 0.1) is 11.6 Å². The van der Waals surface area contributed by atoms with Gasteiger partial charge in [0.05, 0.1) is 11.4 Å². The Bertz CT molecular complexity index is 1050. The van der Waals surface area contributed by atoms with E-state index in [-0.39, 0.29) is 28.8 Å². The molecule has 29 heavy (non-hydrogen) atoms. The van der Waals surface area contributed by atoms with Crippen molar-refractivity contribution in [2.75, 3.05) is 11.1 Å². The average molecular weight is 436 g/mol. The van der Waals surface area contributed by atoms with Gasteiger partial charge in [-0.1, -0.05) is 25.6 Å². The first-order valence-electron chi connectivity index (χ1n) is 9.20. The molecule has 1 amide bonds. The van der Waals surface area contributed by atoms with Gasteiger partial charge in [-0.2, -0.15) is 0 Å². The smallest absolute Gasteiger partial charge is 0.236 e. The van der Waals surface area contributed by atoms with Gasteiger partial charge in [-0.15, -0.1) is 21.5 Å². The van der Waals surface area contributed by atoms with Crippen molar-refractivity contribution in [3.8, 4) is 11.3 Å². The lowest BCUT2D eigenvalue weighted by Crippen LogP contribution is -2.14. The van der Waals surface area contributed by atoms with Gasteiger partial charge >= 0.3 is 0 Å². The Morgan fingerprint density at radius 1 is 1.34 bits per heavy atom. The molecule has 0 atom stereocenters. The van der Waals surface area contributed by atoms with Crippen molar-refractivity contribution in [1.29, 1.82) is 0 Å². The zero-order valence-electron chi connectivity index (χ0n) is 15.9. The molecule has 152 valence electrons. The van der Waals surface area contributed by atoms with Gasteiger partial charge in [0.25, 0.3) is 0 Å². The maximum absolute atomic E-state index is 13.9. The van der Waals surface area contributed by atoms with Crippen molar-refractivity contribution in [2.24, 2.45) is 0 Å². The van der Waals surface area contributed by atoms with Crippen LogP contribution in [0.15, 0.2) is 28.7 Å². The summed E-state index contributed by atoms with van der Waals surface area (Å²) in [7, 11) is 0. The lowest BCUT2D eigenvalue weighted by atomic mass is 10.1. The van der Waals surface area contributed by atoms with Crippen LogP contribution >= 0.6 is 23.1 Å². The van der Waals surface area contributed by atoms with Gasteiger partial charge in [-0.3, -0.25) is 4.79 Å². The zero-order chi connectivity index (χ0) is 20.5. The topological polar surface area (TPSA) is 72.7 Å².